The van der Waals surface area contributed by atoms with Crippen molar-refractivity contribution in [1.82, 2.24) is 15.1 Å². The first-order chi connectivity index (χ1) is 11.4. The largest absolute Gasteiger partial charge is 0.312 e. The Labute approximate surface area is 144 Å². The Hall–Kier alpha value is -1.66. The highest BCUT2D eigenvalue weighted by atomic mass is 32.2. The van der Waals surface area contributed by atoms with E-state index in [9.17, 15) is 8.42 Å². The fourth-order valence-electron chi connectivity index (χ4n) is 3.20. The van der Waals surface area contributed by atoms with Crippen LogP contribution >= 0.6 is 0 Å². The lowest BCUT2D eigenvalue weighted by molar-refractivity contribution is 0.519. The van der Waals surface area contributed by atoms with E-state index in [0.717, 1.165) is 30.9 Å². The van der Waals surface area contributed by atoms with Crippen molar-refractivity contribution >= 4 is 9.84 Å². The molecule has 6 heteroatoms. The maximum absolute atomic E-state index is 11.5. The van der Waals surface area contributed by atoms with Gasteiger partial charge in [-0.05, 0) is 36.9 Å². The molecule has 2 aromatic rings. The number of hydrogen-bond donors (Lipinski definition) is 1. The number of aromatic nitrogens is 2. The van der Waals surface area contributed by atoms with Gasteiger partial charge in [-0.15, -0.1) is 0 Å². The number of para-hydroxylation sites is 1. The summed E-state index contributed by atoms with van der Waals surface area (Å²) in [6.07, 6.45) is 2.85. The summed E-state index contributed by atoms with van der Waals surface area (Å²) >= 11 is 0. The van der Waals surface area contributed by atoms with Gasteiger partial charge < -0.3 is 5.32 Å². The van der Waals surface area contributed by atoms with E-state index in [-0.39, 0.29) is 5.92 Å². The average molecular weight is 347 g/mol. The molecule has 0 amide bonds. The molecule has 5 nitrogen and oxygen atoms in total. The van der Waals surface area contributed by atoms with Gasteiger partial charge >= 0.3 is 0 Å². The molecular weight excluding hydrogens is 322 g/mol. The third-order valence-corrected chi connectivity index (χ3v) is 6.30. The van der Waals surface area contributed by atoms with E-state index in [2.05, 4.69) is 25.4 Å². The Kier molecular flexibility index (Phi) is 5.06. The normalized spacial score (nSPS) is 19.9. The molecule has 1 saturated heterocycles. The van der Waals surface area contributed by atoms with E-state index in [1.165, 1.54) is 5.56 Å². The van der Waals surface area contributed by atoms with Crippen LogP contribution in [-0.2, 0) is 16.4 Å². The van der Waals surface area contributed by atoms with Gasteiger partial charge in [0.1, 0.15) is 0 Å². The summed E-state index contributed by atoms with van der Waals surface area (Å²) in [6.45, 7) is 5.75. The van der Waals surface area contributed by atoms with Crippen molar-refractivity contribution in [2.45, 2.75) is 32.7 Å². The Morgan fingerprint density at radius 1 is 1.29 bits per heavy atom. The lowest BCUT2D eigenvalue weighted by atomic mass is 10.1. The molecule has 1 aliphatic rings. The molecule has 130 valence electrons. The Morgan fingerprint density at radius 2 is 2.04 bits per heavy atom. The summed E-state index contributed by atoms with van der Waals surface area (Å²) in [4.78, 5) is 0. The molecule has 1 aromatic carbocycles. The van der Waals surface area contributed by atoms with Gasteiger partial charge in [0.2, 0.25) is 0 Å². The van der Waals surface area contributed by atoms with Gasteiger partial charge in [0.15, 0.2) is 9.84 Å². The highest BCUT2D eigenvalue weighted by Crippen LogP contribution is 2.21. The zero-order valence-corrected chi connectivity index (χ0v) is 15.1. The summed E-state index contributed by atoms with van der Waals surface area (Å²) < 4.78 is 25.0. The zero-order valence-electron chi connectivity index (χ0n) is 14.3. The second-order valence-electron chi connectivity index (χ2n) is 6.87. The molecule has 0 saturated carbocycles. The van der Waals surface area contributed by atoms with Gasteiger partial charge in [-0.25, -0.2) is 13.1 Å². The minimum Gasteiger partial charge on any atom is -0.312 e. The summed E-state index contributed by atoms with van der Waals surface area (Å²) in [5.74, 6) is 1.24. The number of nitrogens with one attached hydrogen (secondary N) is 1. The molecule has 1 N–H and O–H groups in total. The number of nitrogens with zero attached hydrogens (tertiary/aromatic N) is 2. The van der Waals surface area contributed by atoms with E-state index in [0.29, 0.717) is 17.4 Å². The van der Waals surface area contributed by atoms with Gasteiger partial charge in [0.05, 0.1) is 22.9 Å². The van der Waals surface area contributed by atoms with Crippen LogP contribution < -0.4 is 5.32 Å². The summed E-state index contributed by atoms with van der Waals surface area (Å²) in [7, 11) is -2.80. The molecule has 1 aliphatic heterocycles. The predicted octanol–water partition coefficient (Wildman–Crippen LogP) is 2.52. The van der Waals surface area contributed by atoms with Gasteiger partial charge in [0.25, 0.3) is 0 Å². The van der Waals surface area contributed by atoms with Crippen LogP contribution in [0, 0.1) is 5.92 Å². The van der Waals surface area contributed by atoms with Crippen LogP contribution in [0.25, 0.3) is 5.69 Å². The lowest BCUT2D eigenvalue weighted by Gasteiger charge is -2.10. The van der Waals surface area contributed by atoms with Crippen LogP contribution in [0.1, 0.15) is 37.4 Å². The van der Waals surface area contributed by atoms with E-state index in [4.69, 9.17) is 5.10 Å². The number of benzene rings is 1. The Balaban J connectivity index is 1.67. The highest BCUT2D eigenvalue weighted by molar-refractivity contribution is 7.91. The molecule has 1 aromatic heterocycles. The summed E-state index contributed by atoms with van der Waals surface area (Å²) in [5, 5.41) is 8.16. The van der Waals surface area contributed by atoms with Crippen LogP contribution in [0.15, 0.2) is 36.5 Å². The third kappa shape index (κ3) is 4.05. The fourth-order valence-corrected chi connectivity index (χ4v) is 5.06. The molecule has 0 aliphatic carbocycles. The van der Waals surface area contributed by atoms with Crippen LogP contribution in [0.2, 0.25) is 0 Å². The smallest absolute Gasteiger partial charge is 0.150 e. The Bertz CT molecular complexity index is 782. The molecular formula is C18H25N3O2S. The minimum atomic E-state index is -2.80. The number of hydrogen-bond acceptors (Lipinski definition) is 4. The third-order valence-electron chi connectivity index (χ3n) is 4.47. The molecule has 1 atom stereocenters. The van der Waals surface area contributed by atoms with Crippen molar-refractivity contribution in [1.29, 1.82) is 0 Å². The fraction of sp³-hybridized carbons (Fsp3) is 0.500. The van der Waals surface area contributed by atoms with E-state index in [1.54, 1.807) is 0 Å². The molecule has 0 bridgehead atoms. The predicted molar refractivity (Wildman–Crippen MR) is 96.1 cm³/mol. The molecule has 0 radical (unpaired) electrons. The van der Waals surface area contributed by atoms with Gasteiger partial charge in [-0.1, -0.05) is 32.0 Å². The van der Waals surface area contributed by atoms with E-state index >= 15 is 0 Å². The first kappa shape index (κ1) is 17.2. The second-order valence-corrected chi connectivity index (χ2v) is 9.10. The molecule has 3 rings (SSSR count). The minimum absolute atomic E-state index is 0.238. The average Bonchev–Trinajstić information content (AvgIpc) is 3.12. The van der Waals surface area contributed by atoms with Crippen LogP contribution in [0.4, 0.5) is 0 Å². The van der Waals surface area contributed by atoms with Crippen molar-refractivity contribution in [3.63, 3.8) is 0 Å². The quantitative estimate of drug-likeness (QED) is 0.872. The van der Waals surface area contributed by atoms with Crippen molar-refractivity contribution in [3.8, 4) is 5.69 Å². The standard InChI is InChI=1S/C18H25N3O2S/c1-14(2)18-16(11-19-10-15-8-9-24(22,23)13-15)12-21(20-18)17-6-4-3-5-7-17/h3-7,12,14-15,19H,8-11,13H2,1-2H3/t15-/m0/s1. The first-order valence-electron chi connectivity index (χ1n) is 8.49. The summed E-state index contributed by atoms with van der Waals surface area (Å²) in [5.41, 5.74) is 3.31. The van der Waals surface area contributed by atoms with Crippen molar-refractivity contribution in [2.24, 2.45) is 5.92 Å². The molecule has 0 spiro atoms. The highest BCUT2D eigenvalue weighted by Gasteiger charge is 2.27. The second kappa shape index (κ2) is 7.07. The first-order valence-corrected chi connectivity index (χ1v) is 10.3. The number of rotatable bonds is 6. The summed E-state index contributed by atoms with van der Waals surface area (Å²) in [6, 6.07) is 10.1. The maximum atomic E-state index is 11.5. The molecule has 24 heavy (non-hydrogen) atoms. The molecule has 1 fully saturated rings. The monoisotopic (exact) mass is 347 g/mol. The lowest BCUT2D eigenvalue weighted by Crippen LogP contribution is -2.23. The topological polar surface area (TPSA) is 64.0 Å². The van der Waals surface area contributed by atoms with Gasteiger partial charge in [-0.2, -0.15) is 5.10 Å². The van der Waals surface area contributed by atoms with Crippen molar-refractivity contribution in [3.05, 3.63) is 47.8 Å². The maximum Gasteiger partial charge on any atom is 0.150 e. The number of sulfone groups is 1. The van der Waals surface area contributed by atoms with Crippen LogP contribution in [-0.4, -0.2) is 36.2 Å². The molecule has 2 heterocycles. The van der Waals surface area contributed by atoms with Crippen molar-refractivity contribution < 1.29 is 8.42 Å². The van der Waals surface area contributed by atoms with E-state index < -0.39 is 9.84 Å². The SMILES string of the molecule is CC(C)c1nn(-c2ccccc2)cc1CNC[C@@H]1CCS(=O)(=O)C1. The van der Waals surface area contributed by atoms with Crippen LogP contribution in [0.3, 0.4) is 0 Å². The van der Waals surface area contributed by atoms with Crippen LogP contribution in [0.5, 0.6) is 0 Å². The van der Waals surface area contributed by atoms with Gasteiger partial charge in [0, 0.05) is 18.3 Å². The van der Waals surface area contributed by atoms with E-state index in [1.807, 2.05) is 35.0 Å². The molecule has 0 unspecified atom stereocenters. The Morgan fingerprint density at radius 3 is 2.67 bits per heavy atom. The van der Waals surface area contributed by atoms with Gasteiger partial charge in [-0.3, -0.25) is 0 Å². The van der Waals surface area contributed by atoms with Crippen molar-refractivity contribution in [2.75, 3.05) is 18.1 Å². The zero-order chi connectivity index (χ0) is 17.2.